The van der Waals surface area contributed by atoms with E-state index in [9.17, 15) is 9.90 Å². The molecule has 1 aromatic heterocycles. The molecule has 1 heterocycles. The van der Waals surface area contributed by atoms with Crippen LogP contribution in [0.4, 0.5) is 0 Å². The molecule has 0 saturated heterocycles. The van der Waals surface area contributed by atoms with Crippen LogP contribution in [0, 0.1) is 6.92 Å². The number of aryl methyl sites for hydroxylation is 1. The maximum Gasteiger partial charge on any atom is 0.336 e. The SMILES string of the molecule is Cc1ccc(-c2cc(C(=O)O)c3ccc(Br)cc3n2)cc1. The van der Waals surface area contributed by atoms with E-state index in [0.29, 0.717) is 16.6 Å². The number of carboxylic acids is 1. The second kappa shape index (κ2) is 5.30. The van der Waals surface area contributed by atoms with Gasteiger partial charge in [0.2, 0.25) is 0 Å². The molecule has 0 bridgehead atoms. The van der Waals surface area contributed by atoms with Gasteiger partial charge in [-0.3, -0.25) is 0 Å². The summed E-state index contributed by atoms with van der Waals surface area (Å²) in [6, 6.07) is 14.9. The lowest BCUT2D eigenvalue weighted by Crippen LogP contribution is -2.00. The molecule has 21 heavy (non-hydrogen) atoms. The van der Waals surface area contributed by atoms with Gasteiger partial charge in [-0.2, -0.15) is 0 Å². The highest BCUT2D eigenvalue weighted by Crippen LogP contribution is 2.27. The van der Waals surface area contributed by atoms with E-state index in [4.69, 9.17) is 0 Å². The van der Waals surface area contributed by atoms with Crippen molar-refractivity contribution in [1.82, 2.24) is 4.98 Å². The summed E-state index contributed by atoms with van der Waals surface area (Å²) in [6.45, 7) is 2.01. The van der Waals surface area contributed by atoms with Crippen LogP contribution in [0.15, 0.2) is 53.0 Å². The largest absolute Gasteiger partial charge is 0.478 e. The number of pyridine rings is 1. The van der Waals surface area contributed by atoms with Crippen molar-refractivity contribution in [1.29, 1.82) is 0 Å². The molecule has 0 aliphatic heterocycles. The van der Waals surface area contributed by atoms with Crippen molar-refractivity contribution >= 4 is 32.8 Å². The first kappa shape index (κ1) is 13.8. The Bertz CT molecular complexity index is 841. The predicted molar refractivity (Wildman–Crippen MR) is 86.6 cm³/mol. The Morgan fingerprint density at radius 2 is 1.81 bits per heavy atom. The molecule has 104 valence electrons. The highest BCUT2D eigenvalue weighted by atomic mass is 79.9. The third-order valence-electron chi connectivity index (χ3n) is 3.35. The zero-order chi connectivity index (χ0) is 15.0. The Hall–Kier alpha value is -2.20. The van der Waals surface area contributed by atoms with Gasteiger partial charge in [-0.25, -0.2) is 9.78 Å². The lowest BCUT2D eigenvalue weighted by atomic mass is 10.0. The second-order valence-corrected chi connectivity index (χ2v) is 5.80. The van der Waals surface area contributed by atoms with Crippen LogP contribution in [0.2, 0.25) is 0 Å². The summed E-state index contributed by atoms with van der Waals surface area (Å²) in [6.07, 6.45) is 0. The number of hydrogen-bond acceptors (Lipinski definition) is 2. The molecule has 3 rings (SSSR count). The lowest BCUT2D eigenvalue weighted by molar-refractivity contribution is 0.0699. The van der Waals surface area contributed by atoms with Crippen molar-refractivity contribution in [3.05, 3.63) is 64.1 Å². The van der Waals surface area contributed by atoms with Crippen LogP contribution < -0.4 is 0 Å². The molecule has 0 amide bonds. The van der Waals surface area contributed by atoms with Crippen LogP contribution in [0.1, 0.15) is 15.9 Å². The van der Waals surface area contributed by atoms with Gasteiger partial charge < -0.3 is 5.11 Å². The number of nitrogens with zero attached hydrogens (tertiary/aromatic N) is 1. The first-order valence-corrected chi connectivity index (χ1v) is 7.24. The van der Waals surface area contributed by atoms with E-state index in [2.05, 4.69) is 20.9 Å². The number of carbonyl (C=O) groups is 1. The maximum absolute atomic E-state index is 11.5. The molecule has 0 aliphatic carbocycles. The van der Waals surface area contributed by atoms with E-state index in [1.807, 2.05) is 43.3 Å². The molecule has 0 atom stereocenters. The highest BCUT2D eigenvalue weighted by Gasteiger charge is 2.13. The van der Waals surface area contributed by atoms with Gasteiger partial charge in [0.05, 0.1) is 16.8 Å². The molecule has 0 fully saturated rings. The lowest BCUT2D eigenvalue weighted by Gasteiger charge is -2.08. The van der Waals surface area contributed by atoms with Crippen molar-refractivity contribution < 1.29 is 9.90 Å². The fourth-order valence-corrected chi connectivity index (χ4v) is 2.60. The van der Waals surface area contributed by atoms with Crippen LogP contribution in [0.5, 0.6) is 0 Å². The third-order valence-corrected chi connectivity index (χ3v) is 3.84. The predicted octanol–water partition coefficient (Wildman–Crippen LogP) is 4.67. The number of benzene rings is 2. The van der Waals surface area contributed by atoms with E-state index < -0.39 is 5.97 Å². The number of fused-ring (bicyclic) bond motifs is 1. The van der Waals surface area contributed by atoms with Crippen molar-refractivity contribution in [2.45, 2.75) is 6.92 Å². The maximum atomic E-state index is 11.5. The van der Waals surface area contributed by atoms with Gasteiger partial charge in [-0.1, -0.05) is 51.8 Å². The molecule has 0 saturated carbocycles. The molecular formula is C17H12BrNO2. The number of rotatable bonds is 2. The van der Waals surface area contributed by atoms with Crippen LogP contribution in [0.3, 0.4) is 0 Å². The van der Waals surface area contributed by atoms with Gasteiger partial charge in [-0.05, 0) is 25.1 Å². The quantitative estimate of drug-likeness (QED) is 0.736. The molecule has 0 aliphatic rings. The monoisotopic (exact) mass is 341 g/mol. The zero-order valence-electron chi connectivity index (χ0n) is 11.3. The molecule has 1 N–H and O–H groups in total. The third kappa shape index (κ3) is 2.67. The zero-order valence-corrected chi connectivity index (χ0v) is 12.9. The van der Waals surface area contributed by atoms with Gasteiger partial charge in [0.25, 0.3) is 0 Å². The van der Waals surface area contributed by atoms with E-state index in [-0.39, 0.29) is 5.56 Å². The van der Waals surface area contributed by atoms with Gasteiger partial charge in [0.1, 0.15) is 0 Å². The number of hydrogen-bond donors (Lipinski definition) is 1. The van der Waals surface area contributed by atoms with Crippen molar-refractivity contribution in [3.8, 4) is 11.3 Å². The smallest absolute Gasteiger partial charge is 0.336 e. The highest BCUT2D eigenvalue weighted by molar-refractivity contribution is 9.10. The van der Waals surface area contributed by atoms with Gasteiger partial charge >= 0.3 is 5.97 Å². The molecular weight excluding hydrogens is 330 g/mol. The summed E-state index contributed by atoms with van der Waals surface area (Å²) in [5.41, 5.74) is 3.66. The van der Waals surface area contributed by atoms with Crippen LogP contribution >= 0.6 is 15.9 Å². The van der Waals surface area contributed by atoms with Crippen LogP contribution in [-0.2, 0) is 0 Å². The average molecular weight is 342 g/mol. The Morgan fingerprint density at radius 3 is 2.48 bits per heavy atom. The Kier molecular flexibility index (Phi) is 3.47. The molecule has 0 radical (unpaired) electrons. The van der Waals surface area contributed by atoms with Crippen molar-refractivity contribution in [2.24, 2.45) is 0 Å². The van der Waals surface area contributed by atoms with Gasteiger partial charge in [-0.15, -0.1) is 0 Å². The van der Waals surface area contributed by atoms with E-state index >= 15 is 0 Å². The first-order valence-electron chi connectivity index (χ1n) is 6.45. The number of carboxylic acid groups (broad SMARTS) is 1. The van der Waals surface area contributed by atoms with E-state index in [1.165, 1.54) is 0 Å². The fraction of sp³-hybridized carbons (Fsp3) is 0.0588. The van der Waals surface area contributed by atoms with E-state index in [0.717, 1.165) is 15.6 Å². The molecule has 0 spiro atoms. The summed E-state index contributed by atoms with van der Waals surface area (Å²) in [4.78, 5) is 16.1. The Labute approximate surface area is 130 Å². The molecule has 3 nitrogen and oxygen atoms in total. The summed E-state index contributed by atoms with van der Waals surface area (Å²) < 4.78 is 0.875. The number of halogens is 1. The molecule has 2 aromatic carbocycles. The van der Waals surface area contributed by atoms with Crippen molar-refractivity contribution in [2.75, 3.05) is 0 Å². The summed E-state index contributed by atoms with van der Waals surface area (Å²) in [5, 5.41) is 10.1. The second-order valence-electron chi connectivity index (χ2n) is 4.89. The number of aromatic nitrogens is 1. The standard InChI is InChI=1S/C17H12BrNO2/c1-10-2-4-11(5-3-10)15-9-14(17(20)21)13-7-6-12(18)8-16(13)19-15/h2-9H,1H3,(H,20,21). The van der Waals surface area contributed by atoms with Crippen LogP contribution in [-0.4, -0.2) is 16.1 Å². The average Bonchev–Trinajstić information content (AvgIpc) is 2.46. The minimum atomic E-state index is -0.946. The van der Waals surface area contributed by atoms with Gasteiger partial charge in [0, 0.05) is 15.4 Å². The Morgan fingerprint density at radius 1 is 1.10 bits per heavy atom. The molecule has 4 heteroatoms. The summed E-state index contributed by atoms with van der Waals surface area (Å²) in [7, 11) is 0. The number of aromatic carboxylic acids is 1. The Balaban J connectivity index is 2.29. The summed E-state index contributed by atoms with van der Waals surface area (Å²) >= 11 is 3.40. The molecule has 0 unspecified atom stereocenters. The normalized spacial score (nSPS) is 10.8. The van der Waals surface area contributed by atoms with Crippen LogP contribution in [0.25, 0.3) is 22.2 Å². The van der Waals surface area contributed by atoms with Gasteiger partial charge in [0.15, 0.2) is 0 Å². The van der Waals surface area contributed by atoms with Crippen molar-refractivity contribution in [3.63, 3.8) is 0 Å². The minimum Gasteiger partial charge on any atom is -0.478 e. The minimum absolute atomic E-state index is 0.267. The van der Waals surface area contributed by atoms with E-state index in [1.54, 1.807) is 12.1 Å². The molecule has 3 aromatic rings. The summed E-state index contributed by atoms with van der Waals surface area (Å²) in [5.74, 6) is -0.946. The fourth-order valence-electron chi connectivity index (χ4n) is 2.25. The first-order chi connectivity index (χ1) is 10.0. The topological polar surface area (TPSA) is 50.2 Å².